The molecule has 0 bridgehead atoms. The van der Waals surface area contributed by atoms with Crippen molar-refractivity contribution in [3.05, 3.63) is 23.9 Å². The van der Waals surface area contributed by atoms with Crippen molar-refractivity contribution in [3.8, 4) is 11.8 Å². The molecule has 1 aromatic heterocycles. The van der Waals surface area contributed by atoms with Gasteiger partial charge in [-0.1, -0.05) is 45.0 Å². The number of nitrogens with zero attached hydrogens (tertiary/aromatic N) is 2. The summed E-state index contributed by atoms with van der Waals surface area (Å²) in [5.41, 5.74) is 0.240. The van der Waals surface area contributed by atoms with Gasteiger partial charge in [0, 0.05) is 11.8 Å². The van der Waals surface area contributed by atoms with Gasteiger partial charge in [0.05, 0.1) is 12.5 Å². The first-order valence-corrected chi connectivity index (χ1v) is 13.8. The van der Waals surface area contributed by atoms with Crippen LogP contribution in [0.25, 0.3) is 0 Å². The van der Waals surface area contributed by atoms with Crippen LogP contribution in [0.15, 0.2) is 18.3 Å². The minimum atomic E-state index is -4.75. The molecule has 0 aromatic carbocycles. The standard InChI is InChI=1S/C28H33F3N4O8/c1-4-41-25(38)21-19(23(36)35(21)26(39)34-22(28(29,30)31)18-8-6-5-7-9-18)11-10-17-12-13-32-20(14-17)33-27(40)43-15-42-24(37)16(2)3/h12-14,16,18-19,21-22H,4-9,15H2,1-3H3,(H,34,39)(H,32,33,40)/t19-,21+,22+/m1/s1. The first kappa shape index (κ1) is 33.2. The number of alkyl halides is 3. The fourth-order valence-corrected chi connectivity index (χ4v) is 4.65. The molecule has 3 rings (SSSR count). The molecule has 0 radical (unpaired) electrons. The Balaban J connectivity index is 1.70. The quantitative estimate of drug-likeness (QED) is 0.194. The number of ether oxygens (including phenoxy) is 3. The fourth-order valence-electron chi connectivity index (χ4n) is 4.65. The molecule has 234 valence electrons. The summed E-state index contributed by atoms with van der Waals surface area (Å²) in [7, 11) is 0. The zero-order chi connectivity index (χ0) is 31.7. The smallest absolute Gasteiger partial charge is 0.415 e. The van der Waals surface area contributed by atoms with Crippen LogP contribution < -0.4 is 10.6 Å². The third kappa shape index (κ3) is 8.82. The Bertz CT molecular complexity index is 1270. The summed E-state index contributed by atoms with van der Waals surface area (Å²) in [5, 5.41) is 4.24. The molecule has 3 atom stereocenters. The lowest BCUT2D eigenvalue weighted by Crippen LogP contribution is -2.69. The Morgan fingerprint density at radius 3 is 2.44 bits per heavy atom. The van der Waals surface area contributed by atoms with E-state index in [0.29, 0.717) is 17.7 Å². The van der Waals surface area contributed by atoms with Crippen molar-refractivity contribution in [2.75, 3.05) is 18.7 Å². The number of likely N-dealkylation sites (tertiary alicyclic amines) is 1. The molecule has 0 unspecified atom stereocenters. The van der Waals surface area contributed by atoms with Crippen LogP contribution >= 0.6 is 0 Å². The summed E-state index contributed by atoms with van der Waals surface area (Å²) in [6, 6.07) is -2.32. The van der Waals surface area contributed by atoms with Crippen LogP contribution in [0.1, 0.15) is 58.4 Å². The van der Waals surface area contributed by atoms with E-state index >= 15 is 0 Å². The number of carbonyl (C=O) groups is 5. The number of anilines is 1. The number of imide groups is 1. The maximum absolute atomic E-state index is 13.9. The number of amides is 4. The van der Waals surface area contributed by atoms with Crippen LogP contribution in [0.2, 0.25) is 0 Å². The van der Waals surface area contributed by atoms with Crippen LogP contribution in [0.4, 0.5) is 28.6 Å². The number of pyridine rings is 1. The number of urea groups is 1. The van der Waals surface area contributed by atoms with Crippen LogP contribution in [-0.2, 0) is 28.6 Å². The molecule has 2 fully saturated rings. The van der Waals surface area contributed by atoms with Crippen molar-refractivity contribution in [2.24, 2.45) is 17.8 Å². The average Bonchev–Trinajstić information content (AvgIpc) is 2.94. The second kappa shape index (κ2) is 14.7. The molecule has 1 aliphatic heterocycles. The van der Waals surface area contributed by atoms with Gasteiger partial charge in [0.25, 0.3) is 0 Å². The summed E-state index contributed by atoms with van der Waals surface area (Å²) in [4.78, 5) is 66.2. The van der Waals surface area contributed by atoms with E-state index in [-0.39, 0.29) is 30.8 Å². The third-order valence-corrected chi connectivity index (χ3v) is 6.82. The second-order valence-corrected chi connectivity index (χ2v) is 10.2. The molecule has 0 spiro atoms. The van der Waals surface area contributed by atoms with E-state index in [1.807, 2.05) is 5.32 Å². The van der Waals surface area contributed by atoms with Gasteiger partial charge in [-0.15, -0.1) is 0 Å². The molecule has 12 nitrogen and oxygen atoms in total. The lowest BCUT2D eigenvalue weighted by molar-refractivity contribution is -0.172. The summed E-state index contributed by atoms with van der Waals surface area (Å²) < 4.78 is 56.0. The molecule has 2 N–H and O–H groups in total. The second-order valence-electron chi connectivity index (χ2n) is 10.2. The van der Waals surface area contributed by atoms with Crippen molar-refractivity contribution in [1.29, 1.82) is 0 Å². The van der Waals surface area contributed by atoms with Crippen molar-refractivity contribution in [1.82, 2.24) is 15.2 Å². The van der Waals surface area contributed by atoms with Gasteiger partial charge in [-0.25, -0.2) is 24.3 Å². The highest BCUT2D eigenvalue weighted by Crippen LogP contribution is 2.36. The van der Waals surface area contributed by atoms with E-state index in [2.05, 4.69) is 22.1 Å². The highest BCUT2D eigenvalue weighted by molar-refractivity contribution is 6.09. The van der Waals surface area contributed by atoms with E-state index in [1.54, 1.807) is 13.8 Å². The number of β-lactam (4-membered cyclic amide) rings is 1. The van der Waals surface area contributed by atoms with Crippen LogP contribution in [0.5, 0.6) is 0 Å². The van der Waals surface area contributed by atoms with Gasteiger partial charge in [0.15, 0.2) is 6.04 Å². The van der Waals surface area contributed by atoms with E-state index in [0.717, 1.165) is 6.42 Å². The van der Waals surface area contributed by atoms with Gasteiger partial charge in [0.1, 0.15) is 17.8 Å². The molecule has 2 heterocycles. The van der Waals surface area contributed by atoms with E-state index in [1.165, 1.54) is 25.3 Å². The molecule has 4 amide bonds. The SMILES string of the molecule is CCOC(=O)[C@@H]1[C@@H](C#Cc2ccnc(NC(=O)OCOC(=O)C(C)C)c2)C(=O)N1C(=O)N[C@@H](C1CCCCC1)C(F)(F)F. The average molecular weight is 611 g/mol. The first-order valence-electron chi connectivity index (χ1n) is 13.8. The van der Waals surface area contributed by atoms with Crippen LogP contribution in [0, 0.1) is 29.6 Å². The Morgan fingerprint density at radius 2 is 1.81 bits per heavy atom. The maximum atomic E-state index is 13.9. The number of rotatable bonds is 8. The molecule has 1 saturated carbocycles. The molecule has 2 aliphatic rings. The number of hydrogen-bond donors (Lipinski definition) is 2. The third-order valence-electron chi connectivity index (χ3n) is 6.82. The van der Waals surface area contributed by atoms with Crippen molar-refractivity contribution >= 4 is 35.8 Å². The van der Waals surface area contributed by atoms with Crippen molar-refractivity contribution in [2.45, 2.75) is 71.1 Å². The Labute approximate surface area is 246 Å². The highest BCUT2D eigenvalue weighted by atomic mass is 19.4. The molecular weight excluding hydrogens is 577 g/mol. The number of carbonyl (C=O) groups excluding carboxylic acids is 5. The largest absolute Gasteiger partial charge is 0.464 e. The molecule has 1 aliphatic carbocycles. The van der Waals surface area contributed by atoms with Crippen molar-refractivity contribution in [3.63, 3.8) is 0 Å². The number of halogens is 3. The van der Waals surface area contributed by atoms with Crippen LogP contribution in [0.3, 0.4) is 0 Å². The predicted molar refractivity (Wildman–Crippen MR) is 143 cm³/mol. The number of esters is 2. The van der Waals surface area contributed by atoms with Gasteiger partial charge < -0.3 is 19.5 Å². The maximum Gasteiger partial charge on any atom is 0.415 e. The molecule has 1 aromatic rings. The summed E-state index contributed by atoms with van der Waals surface area (Å²) in [6.45, 7) is 4.00. The van der Waals surface area contributed by atoms with Gasteiger partial charge >= 0.3 is 30.2 Å². The fraction of sp³-hybridized carbons (Fsp3) is 0.571. The Morgan fingerprint density at radius 1 is 1.12 bits per heavy atom. The van der Waals surface area contributed by atoms with E-state index in [4.69, 9.17) is 14.2 Å². The van der Waals surface area contributed by atoms with Gasteiger partial charge in [-0.05, 0) is 37.8 Å². The van der Waals surface area contributed by atoms with Gasteiger partial charge in [-0.2, -0.15) is 13.2 Å². The molecule has 15 heteroatoms. The number of hydrogen-bond acceptors (Lipinski definition) is 9. The normalized spacial score (nSPS) is 19.3. The monoisotopic (exact) mass is 610 g/mol. The Hall–Kier alpha value is -4.35. The zero-order valence-electron chi connectivity index (χ0n) is 23.9. The van der Waals surface area contributed by atoms with E-state index < -0.39 is 72.8 Å². The summed E-state index contributed by atoms with van der Waals surface area (Å²) >= 11 is 0. The van der Waals surface area contributed by atoms with Gasteiger partial charge in [0.2, 0.25) is 12.7 Å². The first-order chi connectivity index (χ1) is 20.3. The minimum absolute atomic E-state index is 0.00391. The van der Waals surface area contributed by atoms with E-state index in [9.17, 15) is 37.1 Å². The lowest BCUT2D eigenvalue weighted by atomic mass is 9.83. The topological polar surface area (TPSA) is 153 Å². The summed E-state index contributed by atoms with van der Waals surface area (Å²) in [5.74, 6) is 0.0892. The summed E-state index contributed by atoms with van der Waals surface area (Å²) in [6.07, 6.45) is -1.88. The number of aromatic nitrogens is 1. The lowest BCUT2D eigenvalue weighted by Gasteiger charge is -2.42. The Kier molecular flexibility index (Phi) is 11.3. The van der Waals surface area contributed by atoms with Crippen molar-refractivity contribution < 1.29 is 51.4 Å². The molecule has 43 heavy (non-hydrogen) atoms. The molecular formula is C28H33F3N4O8. The van der Waals surface area contributed by atoms with Gasteiger partial charge in [-0.3, -0.25) is 14.9 Å². The molecule has 1 saturated heterocycles. The van der Waals surface area contributed by atoms with Crippen LogP contribution in [-0.4, -0.2) is 71.5 Å². The highest BCUT2D eigenvalue weighted by Gasteiger charge is 2.56. The predicted octanol–water partition coefficient (Wildman–Crippen LogP) is 3.75. The minimum Gasteiger partial charge on any atom is -0.464 e. The zero-order valence-corrected chi connectivity index (χ0v) is 23.9. The number of nitrogens with one attached hydrogen (secondary N) is 2.